The first kappa shape index (κ1) is 12.1. The number of rotatable bonds is 8. The second kappa shape index (κ2) is 8.32. The minimum atomic E-state index is 1.37. The Morgan fingerprint density at radius 2 is 1.36 bits per heavy atom. The van der Waals surface area contributed by atoms with Crippen LogP contribution in [0.15, 0.2) is 0 Å². The molecule has 0 aromatic rings. The fourth-order valence-electron chi connectivity index (χ4n) is 2.46. The van der Waals surface area contributed by atoms with Crippen LogP contribution in [0.1, 0.15) is 84.0 Å². The minimum absolute atomic E-state index is 1.37. The van der Waals surface area contributed by atoms with Crippen LogP contribution in [0.25, 0.3) is 0 Å². The zero-order valence-electron chi connectivity index (χ0n) is 9.99. The smallest absolute Gasteiger partial charge is 0.0241 e. The van der Waals surface area contributed by atoms with E-state index in [1.165, 1.54) is 77.0 Å². The lowest BCUT2D eigenvalue weighted by Gasteiger charge is -2.07. The summed E-state index contributed by atoms with van der Waals surface area (Å²) in [6.45, 7) is 2.29. The van der Waals surface area contributed by atoms with E-state index in [0.717, 1.165) is 0 Å². The van der Waals surface area contributed by atoms with Gasteiger partial charge in [0.05, 0.1) is 0 Å². The lowest BCUT2D eigenvalue weighted by Crippen LogP contribution is -1.90. The first-order valence-corrected chi connectivity index (χ1v) is 6.77. The van der Waals surface area contributed by atoms with E-state index in [2.05, 4.69) is 6.92 Å². The molecule has 83 valence electrons. The van der Waals surface area contributed by atoms with Crippen molar-refractivity contribution in [1.82, 2.24) is 0 Å². The van der Waals surface area contributed by atoms with Gasteiger partial charge in [-0.05, 0) is 25.2 Å². The second-order valence-corrected chi connectivity index (χ2v) is 4.83. The average molecular weight is 195 g/mol. The third-order valence-electron chi connectivity index (χ3n) is 3.44. The molecule has 0 spiro atoms. The van der Waals surface area contributed by atoms with Crippen LogP contribution in [0.4, 0.5) is 0 Å². The Balaban J connectivity index is 1.75. The highest BCUT2D eigenvalue weighted by atomic mass is 14.2. The molecule has 0 bridgehead atoms. The molecule has 0 atom stereocenters. The molecule has 1 fully saturated rings. The number of unbranched alkanes of at least 4 members (excludes halogenated alkanes) is 6. The fraction of sp³-hybridized carbons (Fsp3) is 0.929. The normalized spacial score (nSPS) is 17.8. The Morgan fingerprint density at radius 1 is 0.786 bits per heavy atom. The van der Waals surface area contributed by atoms with E-state index in [-0.39, 0.29) is 0 Å². The molecule has 0 aromatic heterocycles. The van der Waals surface area contributed by atoms with Crippen LogP contribution < -0.4 is 0 Å². The first-order chi connectivity index (χ1) is 6.93. The van der Waals surface area contributed by atoms with E-state index in [9.17, 15) is 0 Å². The SMILES string of the molecule is CCCCCCCCC[C]1CCCC1. The van der Waals surface area contributed by atoms with Crippen LogP contribution in [0.3, 0.4) is 0 Å². The van der Waals surface area contributed by atoms with Crippen molar-refractivity contribution in [3.8, 4) is 0 Å². The van der Waals surface area contributed by atoms with Crippen LogP contribution in [0.2, 0.25) is 0 Å². The molecule has 0 amide bonds. The first-order valence-electron chi connectivity index (χ1n) is 6.77. The van der Waals surface area contributed by atoms with Gasteiger partial charge in [0, 0.05) is 0 Å². The maximum absolute atomic E-state index is 2.29. The Kier molecular flexibility index (Phi) is 7.17. The summed E-state index contributed by atoms with van der Waals surface area (Å²) in [7, 11) is 0. The van der Waals surface area contributed by atoms with Crippen LogP contribution in [-0.2, 0) is 0 Å². The molecule has 0 heteroatoms. The highest BCUT2D eigenvalue weighted by Crippen LogP contribution is 2.31. The third-order valence-corrected chi connectivity index (χ3v) is 3.44. The molecule has 0 N–H and O–H groups in total. The predicted octanol–water partition coefficient (Wildman–Crippen LogP) is 5.28. The summed E-state index contributed by atoms with van der Waals surface area (Å²) < 4.78 is 0. The molecule has 1 rings (SSSR count). The number of hydrogen-bond donors (Lipinski definition) is 0. The Labute approximate surface area is 90.5 Å². The van der Waals surface area contributed by atoms with Gasteiger partial charge in [-0.3, -0.25) is 0 Å². The van der Waals surface area contributed by atoms with Crippen molar-refractivity contribution in [2.45, 2.75) is 84.0 Å². The Morgan fingerprint density at radius 3 is 2.00 bits per heavy atom. The van der Waals surface area contributed by atoms with Crippen LogP contribution in [-0.4, -0.2) is 0 Å². The van der Waals surface area contributed by atoms with Gasteiger partial charge in [-0.15, -0.1) is 0 Å². The molecular weight excluding hydrogens is 168 g/mol. The molecule has 0 saturated heterocycles. The van der Waals surface area contributed by atoms with Crippen molar-refractivity contribution in [1.29, 1.82) is 0 Å². The summed E-state index contributed by atoms with van der Waals surface area (Å²) >= 11 is 0. The molecule has 1 aliphatic carbocycles. The monoisotopic (exact) mass is 195 g/mol. The van der Waals surface area contributed by atoms with Gasteiger partial charge < -0.3 is 0 Å². The van der Waals surface area contributed by atoms with Gasteiger partial charge in [0.25, 0.3) is 0 Å². The summed E-state index contributed by atoms with van der Waals surface area (Å²) in [5.41, 5.74) is 0. The quantitative estimate of drug-likeness (QED) is 0.462. The number of hydrogen-bond acceptors (Lipinski definition) is 0. The van der Waals surface area contributed by atoms with E-state index in [0.29, 0.717) is 0 Å². The minimum Gasteiger partial charge on any atom is -0.0654 e. The lowest BCUT2D eigenvalue weighted by atomic mass is 9.99. The maximum Gasteiger partial charge on any atom is -0.0241 e. The molecule has 0 aliphatic heterocycles. The standard InChI is InChI=1S/C14H27/c1-2-3-4-5-6-7-8-11-14-12-9-10-13-14/h2-13H2,1H3. The van der Waals surface area contributed by atoms with E-state index in [1.807, 2.05) is 5.92 Å². The van der Waals surface area contributed by atoms with E-state index >= 15 is 0 Å². The Bertz CT molecular complexity index is 111. The van der Waals surface area contributed by atoms with Gasteiger partial charge in [0.1, 0.15) is 0 Å². The maximum atomic E-state index is 2.29. The zero-order valence-corrected chi connectivity index (χ0v) is 9.99. The average Bonchev–Trinajstić information content (AvgIpc) is 2.69. The molecule has 0 aromatic carbocycles. The third kappa shape index (κ3) is 5.67. The lowest BCUT2D eigenvalue weighted by molar-refractivity contribution is 0.572. The van der Waals surface area contributed by atoms with Crippen LogP contribution in [0, 0.1) is 5.92 Å². The van der Waals surface area contributed by atoms with Crippen molar-refractivity contribution >= 4 is 0 Å². The molecule has 0 nitrogen and oxygen atoms in total. The molecule has 14 heavy (non-hydrogen) atoms. The van der Waals surface area contributed by atoms with Gasteiger partial charge in [0.2, 0.25) is 0 Å². The second-order valence-electron chi connectivity index (χ2n) is 4.83. The van der Waals surface area contributed by atoms with Crippen LogP contribution in [0.5, 0.6) is 0 Å². The van der Waals surface area contributed by atoms with Crippen molar-refractivity contribution in [3.63, 3.8) is 0 Å². The van der Waals surface area contributed by atoms with Crippen LogP contribution >= 0.6 is 0 Å². The van der Waals surface area contributed by atoms with Crippen molar-refractivity contribution in [3.05, 3.63) is 5.92 Å². The summed E-state index contributed by atoms with van der Waals surface area (Å²) in [6.07, 6.45) is 17.5. The van der Waals surface area contributed by atoms with Crippen molar-refractivity contribution in [2.75, 3.05) is 0 Å². The summed E-state index contributed by atoms with van der Waals surface area (Å²) in [5, 5.41) is 0. The van der Waals surface area contributed by atoms with Crippen molar-refractivity contribution in [2.24, 2.45) is 0 Å². The van der Waals surface area contributed by atoms with Crippen molar-refractivity contribution < 1.29 is 0 Å². The molecule has 0 heterocycles. The van der Waals surface area contributed by atoms with Gasteiger partial charge in [-0.1, -0.05) is 64.7 Å². The fourth-order valence-corrected chi connectivity index (χ4v) is 2.46. The molecule has 1 radical (unpaired) electrons. The highest BCUT2D eigenvalue weighted by Gasteiger charge is 2.14. The van der Waals surface area contributed by atoms with E-state index in [4.69, 9.17) is 0 Å². The Hall–Kier alpha value is 0. The molecule has 0 unspecified atom stereocenters. The highest BCUT2D eigenvalue weighted by molar-refractivity contribution is 4.93. The van der Waals surface area contributed by atoms with E-state index in [1.54, 1.807) is 0 Å². The largest absolute Gasteiger partial charge is 0.0654 e. The molecule has 1 aliphatic rings. The predicted molar refractivity (Wildman–Crippen MR) is 64.3 cm³/mol. The van der Waals surface area contributed by atoms with Gasteiger partial charge in [0.15, 0.2) is 0 Å². The van der Waals surface area contributed by atoms with Gasteiger partial charge in [-0.2, -0.15) is 0 Å². The molecule has 1 saturated carbocycles. The topological polar surface area (TPSA) is 0 Å². The van der Waals surface area contributed by atoms with E-state index < -0.39 is 0 Å². The summed E-state index contributed by atoms with van der Waals surface area (Å²) in [5.74, 6) is 1.87. The summed E-state index contributed by atoms with van der Waals surface area (Å²) in [4.78, 5) is 0. The summed E-state index contributed by atoms with van der Waals surface area (Å²) in [6, 6.07) is 0. The van der Waals surface area contributed by atoms with Gasteiger partial charge in [-0.25, -0.2) is 0 Å². The zero-order chi connectivity index (χ0) is 10.1. The van der Waals surface area contributed by atoms with Gasteiger partial charge >= 0.3 is 0 Å². The molecular formula is C14H27.